The van der Waals surface area contributed by atoms with Gasteiger partial charge in [0.05, 0.1) is 5.69 Å². The van der Waals surface area contributed by atoms with Crippen molar-refractivity contribution in [3.05, 3.63) is 95.8 Å². The first-order valence-corrected chi connectivity index (χ1v) is 10.3. The van der Waals surface area contributed by atoms with Gasteiger partial charge in [-0.05, 0) is 29.3 Å². The number of rotatable bonds is 8. The number of amides is 3. The Kier molecular flexibility index (Phi) is 8.13. The average molecular weight is 449 g/mol. The van der Waals surface area contributed by atoms with Crippen LogP contribution in [0.3, 0.4) is 0 Å². The number of benzene rings is 3. The van der Waals surface area contributed by atoms with Gasteiger partial charge in [0.15, 0.2) is 0 Å². The number of halogens is 1. The zero-order valence-electron chi connectivity index (χ0n) is 18.0. The molecule has 33 heavy (non-hydrogen) atoms. The topological polar surface area (TPSA) is 96.5 Å². The van der Waals surface area contributed by atoms with Crippen molar-refractivity contribution in [3.8, 4) is 0 Å². The third-order valence-electron chi connectivity index (χ3n) is 4.65. The number of hydrogen-bond acceptors (Lipinski definition) is 4. The van der Waals surface area contributed by atoms with Crippen LogP contribution in [0.25, 0.3) is 0 Å². The first-order chi connectivity index (χ1) is 15.9. The van der Waals surface area contributed by atoms with Crippen molar-refractivity contribution >= 4 is 29.3 Å². The highest BCUT2D eigenvalue weighted by Gasteiger charge is 2.23. The maximum absolute atomic E-state index is 14.3. The predicted octanol–water partition coefficient (Wildman–Crippen LogP) is 4.26. The Hall–Kier alpha value is -4.20. The molecule has 7 nitrogen and oxygen atoms in total. The summed E-state index contributed by atoms with van der Waals surface area (Å²) < 4.78 is 19.5. The van der Waals surface area contributed by atoms with Gasteiger partial charge < -0.3 is 20.7 Å². The number of carbonyl (C=O) groups is 3. The second-order valence-electron chi connectivity index (χ2n) is 7.31. The van der Waals surface area contributed by atoms with Crippen LogP contribution in [0.2, 0.25) is 0 Å². The van der Waals surface area contributed by atoms with E-state index in [9.17, 15) is 18.8 Å². The second-order valence-corrected chi connectivity index (χ2v) is 7.31. The molecule has 0 bridgehead atoms. The summed E-state index contributed by atoms with van der Waals surface area (Å²) in [7, 11) is 0. The van der Waals surface area contributed by atoms with Crippen molar-refractivity contribution in [1.82, 2.24) is 5.32 Å². The van der Waals surface area contributed by atoms with Crippen LogP contribution in [0.1, 0.15) is 18.1 Å². The molecule has 0 fully saturated rings. The van der Waals surface area contributed by atoms with Crippen molar-refractivity contribution < 1.29 is 23.5 Å². The third-order valence-corrected chi connectivity index (χ3v) is 4.65. The molecule has 0 saturated heterocycles. The van der Waals surface area contributed by atoms with Crippen LogP contribution in [-0.4, -0.2) is 23.9 Å². The Bertz CT molecular complexity index is 1110. The SMILES string of the molecule is CC(=O)Nc1ccc(F)c(NC(=O)[C@H](Cc2ccccc2)NC(=O)OCc2ccccc2)c1. The van der Waals surface area contributed by atoms with Gasteiger partial charge in [0.25, 0.3) is 0 Å². The maximum Gasteiger partial charge on any atom is 0.408 e. The van der Waals surface area contributed by atoms with E-state index < -0.39 is 23.9 Å². The fourth-order valence-corrected chi connectivity index (χ4v) is 3.09. The molecule has 0 spiro atoms. The molecule has 8 heteroatoms. The van der Waals surface area contributed by atoms with Crippen molar-refractivity contribution in [1.29, 1.82) is 0 Å². The van der Waals surface area contributed by atoms with Gasteiger partial charge in [-0.15, -0.1) is 0 Å². The van der Waals surface area contributed by atoms with Crippen LogP contribution in [0, 0.1) is 5.82 Å². The summed E-state index contributed by atoms with van der Waals surface area (Å²) in [6.07, 6.45) is -0.609. The van der Waals surface area contributed by atoms with Crippen molar-refractivity contribution in [2.75, 3.05) is 10.6 Å². The summed E-state index contributed by atoms with van der Waals surface area (Å²) in [5.41, 5.74) is 1.81. The molecule has 0 aliphatic heterocycles. The van der Waals surface area contributed by atoms with Gasteiger partial charge in [-0.2, -0.15) is 0 Å². The zero-order valence-corrected chi connectivity index (χ0v) is 18.0. The van der Waals surface area contributed by atoms with Crippen molar-refractivity contribution in [3.63, 3.8) is 0 Å². The van der Waals surface area contributed by atoms with Gasteiger partial charge in [-0.25, -0.2) is 9.18 Å². The molecular weight excluding hydrogens is 425 g/mol. The van der Waals surface area contributed by atoms with E-state index in [2.05, 4.69) is 16.0 Å². The maximum atomic E-state index is 14.3. The van der Waals surface area contributed by atoms with Gasteiger partial charge >= 0.3 is 6.09 Å². The number of hydrogen-bond donors (Lipinski definition) is 3. The van der Waals surface area contributed by atoms with Crippen LogP contribution < -0.4 is 16.0 Å². The quantitative estimate of drug-likeness (QED) is 0.479. The predicted molar refractivity (Wildman–Crippen MR) is 123 cm³/mol. The van der Waals surface area contributed by atoms with Crippen LogP contribution in [0.15, 0.2) is 78.9 Å². The molecule has 0 aromatic heterocycles. The number of ether oxygens (including phenoxy) is 1. The Balaban J connectivity index is 1.72. The highest BCUT2D eigenvalue weighted by molar-refractivity contribution is 5.98. The Labute approximate surface area is 191 Å². The van der Waals surface area contributed by atoms with E-state index in [4.69, 9.17) is 4.74 Å². The highest BCUT2D eigenvalue weighted by atomic mass is 19.1. The lowest BCUT2D eigenvalue weighted by atomic mass is 10.1. The lowest BCUT2D eigenvalue weighted by Crippen LogP contribution is -2.45. The first kappa shape index (κ1) is 23.5. The Morgan fingerprint density at radius 3 is 2.15 bits per heavy atom. The standard InChI is InChI=1S/C25H24FN3O4/c1-17(30)27-20-12-13-21(26)22(15-20)28-24(31)23(14-18-8-4-2-5-9-18)29-25(32)33-16-19-10-6-3-7-11-19/h2-13,15,23H,14,16H2,1H3,(H,27,30)(H,28,31)(H,29,32)/t23-/m0/s1. The van der Waals surface area contributed by atoms with Crippen molar-refractivity contribution in [2.45, 2.75) is 26.0 Å². The Morgan fingerprint density at radius 2 is 1.52 bits per heavy atom. The van der Waals surface area contributed by atoms with Crippen LogP contribution in [0.4, 0.5) is 20.6 Å². The number of anilines is 2. The van der Waals surface area contributed by atoms with E-state index in [0.717, 1.165) is 17.2 Å². The summed E-state index contributed by atoms with van der Waals surface area (Å²) in [5.74, 6) is -1.64. The Morgan fingerprint density at radius 1 is 0.879 bits per heavy atom. The van der Waals surface area contributed by atoms with Crippen molar-refractivity contribution in [2.24, 2.45) is 0 Å². The summed E-state index contributed by atoms with van der Waals surface area (Å²) in [6.45, 7) is 1.36. The smallest absolute Gasteiger partial charge is 0.408 e. The van der Waals surface area contributed by atoms with E-state index in [-0.39, 0.29) is 24.6 Å². The van der Waals surface area contributed by atoms with Gasteiger partial charge in [0.1, 0.15) is 18.5 Å². The van der Waals surface area contributed by atoms with E-state index in [1.54, 1.807) is 0 Å². The molecule has 1 atom stereocenters. The largest absolute Gasteiger partial charge is 0.445 e. The minimum absolute atomic E-state index is 0.0414. The molecule has 0 unspecified atom stereocenters. The van der Waals surface area contributed by atoms with E-state index in [1.165, 1.54) is 19.1 Å². The summed E-state index contributed by atoms with van der Waals surface area (Å²) >= 11 is 0. The molecule has 3 aromatic rings. The molecule has 0 aliphatic rings. The van der Waals surface area contributed by atoms with E-state index in [1.807, 2.05) is 60.7 Å². The van der Waals surface area contributed by atoms with Gasteiger partial charge in [-0.3, -0.25) is 9.59 Å². The van der Waals surface area contributed by atoms with Gasteiger partial charge in [0.2, 0.25) is 11.8 Å². The summed E-state index contributed by atoms with van der Waals surface area (Å²) in [5, 5.41) is 7.58. The minimum atomic E-state index is -1.03. The molecule has 0 aliphatic carbocycles. The molecule has 3 aromatic carbocycles. The molecule has 0 saturated carbocycles. The summed E-state index contributed by atoms with van der Waals surface area (Å²) in [6, 6.07) is 21.0. The first-order valence-electron chi connectivity index (χ1n) is 10.3. The van der Waals surface area contributed by atoms with Crippen LogP contribution in [0.5, 0.6) is 0 Å². The van der Waals surface area contributed by atoms with E-state index in [0.29, 0.717) is 5.69 Å². The van der Waals surface area contributed by atoms with Crippen LogP contribution in [-0.2, 0) is 27.4 Å². The number of alkyl carbamates (subject to hydrolysis) is 1. The molecule has 3 rings (SSSR count). The summed E-state index contributed by atoms with van der Waals surface area (Å²) in [4.78, 5) is 36.6. The lowest BCUT2D eigenvalue weighted by Gasteiger charge is -2.19. The highest BCUT2D eigenvalue weighted by Crippen LogP contribution is 2.20. The molecular formula is C25H24FN3O4. The average Bonchev–Trinajstić information content (AvgIpc) is 2.80. The number of nitrogens with one attached hydrogen (secondary N) is 3. The monoisotopic (exact) mass is 449 g/mol. The third kappa shape index (κ3) is 7.46. The van der Waals surface area contributed by atoms with Crippen LogP contribution >= 0.6 is 0 Å². The molecule has 3 amide bonds. The molecule has 0 heterocycles. The van der Waals surface area contributed by atoms with Gasteiger partial charge in [-0.1, -0.05) is 60.7 Å². The minimum Gasteiger partial charge on any atom is -0.445 e. The fraction of sp³-hybridized carbons (Fsp3) is 0.160. The molecule has 3 N–H and O–H groups in total. The number of carbonyl (C=O) groups excluding carboxylic acids is 3. The lowest BCUT2D eigenvalue weighted by molar-refractivity contribution is -0.118. The second kappa shape index (κ2) is 11.4. The fourth-order valence-electron chi connectivity index (χ4n) is 3.09. The molecule has 170 valence electrons. The molecule has 0 radical (unpaired) electrons. The van der Waals surface area contributed by atoms with E-state index >= 15 is 0 Å². The normalized spacial score (nSPS) is 11.2. The van der Waals surface area contributed by atoms with Gasteiger partial charge in [0, 0.05) is 19.0 Å². The zero-order chi connectivity index (χ0) is 23.6.